The zero-order valence-corrected chi connectivity index (χ0v) is 23.1. The molecule has 1 atom stereocenters. The third kappa shape index (κ3) is 6.20. The summed E-state index contributed by atoms with van der Waals surface area (Å²) in [7, 11) is 0. The second-order valence-corrected chi connectivity index (χ2v) is 10.8. The van der Waals surface area contributed by atoms with Crippen LogP contribution in [-0.2, 0) is 27.8 Å². The highest BCUT2D eigenvalue weighted by Gasteiger charge is 2.26. The van der Waals surface area contributed by atoms with Crippen LogP contribution in [0.2, 0.25) is 0 Å². The van der Waals surface area contributed by atoms with E-state index in [0.717, 1.165) is 24.1 Å². The Bertz CT molecular complexity index is 1540. The Labute approximate surface area is 232 Å². The molecule has 0 saturated carbocycles. The number of rotatable bonds is 7. The van der Waals surface area contributed by atoms with Crippen LogP contribution in [0.4, 0.5) is 5.69 Å². The summed E-state index contributed by atoms with van der Waals surface area (Å²) in [5, 5.41) is 10.7. The number of hydrogen-bond acceptors (Lipinski definition) is 8. The van der Waals surface area contributed by atoms with Gasteiger partial charge in [-0.05, 0) is 78.6 Å². The first-order valence-corrected chi connectivity index (χ1v) is 13.4. The van der Waals surface area contributed by atoms with Crippen molar-refractivity contribution in [2.24, 2.45) is 5.92 Å². The molecule has 0 saturated heterocycles. The molecule has 0 aliphatic heterocycles. The van der Waals surface area contributed by atoms with Gasteiger partial charge in [-0.2, -0.15) is 0 Å². The molecule has 9 nitrogen and oxygen atoms in total. The highest BCUT2D eigenvalue weighted by atomic mass is 16.5. The number of anilines is 1. The summed E-state index contributed by atoms with van der Waals surface area (Å²) in [6, 6.07) is 17.4. The SMILES string of the molecule is CCOC(=O)c1nnc(-c2cc(Oc3ccc4c(c3)CC(C(=O)Nc3cccc(C(C)(C)C)c3)CC4)ccn2)o1. The summed E-state index contributed by atoms with van der Waals surface area (Å²) in [6.45, 7) is 8.37. The van der Waals surface area contributed by atoms with Crippen molar-refractivity contribution in [2.75, 3.05) is 11.9 Å². The highest BCUT2D eigenvalue weighted by molar-refractivity contribution is 5.93. The number of pyridine rings is 1. The molecule has 1 aliphatic rings. The molecule has 206 valence electrons. The fraction of sp³-hybridized carbons (Fsp3) is 0.323. The summed E-state index contributed by atoms with van der Waals surface area (Å²) in [4.78, 5) is 29.3. The van der Waals surface area contributed by atoms with E-state index in [-0.39, 0.29) is 35.6 Å². The van der Waals surface area contributed by atoms with Crippen molar-refractivity contribution in [2.45, 2.75) is 52.4 Å². The van der Waals surface area contributed by atoms with Crippen molar-refractivity contribution in [3.8, 4) is 23.1 Å². The van der Waals surface area contributed by atoms with Gasteiger partial charge >= 0.3 is 11.9 Å². The van der Waals surface area contributed by atoms with Crippen molar-refractivity contribution in [3.63, 3.8) is 0 Å². The summed E-state index contributed by atoms with van der Waals surface area (Å²) in [5.74, 6) is 0.231. The summed E-state index contributed by atoms with van der Waals surface area (Å²) in [6.07, 6.45) is 3.82. The van der Waals surface area contributed by atoms with Gasteiger partial charge < -0.3 is 19.2 Å². The Kier molecular flexibility index (Phi) is 7.64. The number of hydrogen-bond donors (Lipinski definition) is 1. The van der Waals surface area contributed by atoms with E-state index in [0.29, 0.717) is 23.6 Å². The van der Waals surface area contributed by atoms with Crippen LogP contribution >= 0.6 is 0 Å². The third-order valence-corrected chi connectivity index (χ3v) is 6.83. The maximum atomic E-state index is 13.2. The van der Waals surface area contributed by atoms with E-state index in [2.05, 4.69) is 59.5 Å². The fourth-order valence-electron chi connectivity index (χ4n) is 4.66. The van der Waals surface area contributed by atoms with Crippen LogP contribution in [0.3, 0.4) is 0 Å². The maximum Gasteiger partial charge on any atom is 0.396 e. The molecule has 0 bridgehead atoms. The Morgan fingerprint density at radius 3 is 2.65 bits per heavy atom. The molecular weight excluding hydrogens is 508 g/mol. The number of amides is 1. The van der Waals surface area contributed by atoms with Gasteiger partial charge in [-0.1, -0.05) is 39.0 Å². The minimum absolute atomic E-state index is 0.00738. The summed E-state index contributed by atoms with van der Waals surface area (Å²) >= 11 is 0. The first-order valence-electron chi connectivity index (χ1n) is 13.4. The van der Waals surface area contributed by atoms with Crippen molar-refractivity contribution in [1.82, 2.24) is 15.2 Å². The van der Waals surface area contributed by atoms with E-state index < -0.39 is 5.97 Å². The molecule has 1 aliphatic carbocycles. The van der Waals surface area contributed by atoms with Crippen LogP contribution < -0.4 is 10.1 Å². The van der Waals surface area contributed by atoms with E-state index >= 15 is 0 Å². The predicted molar refractivity (Wildman–Crippen MR) is 149 cm³/mol. The predicted octanol–water partition coefficient (Wildman–Crippen LogP) is 6.14. The van der Waals surface area contributed by atoms with E-state index in [1.807, 2.05) is 24.3 Å². The number of nitrogens with one attached hydrogen (secondary N) is 1. The van der Waals surface area contributed by atoms with E-state index in [1.165, 1.54) is 11.1 Å². The van der Waals surface area contributed by atoms with Gasteiger partial charge in [0.25, 0.3) is 5.89 Å². The lowest BCUT2D eigenvalue weighted by atomic mass is 9.83. The van der Waals surface area contributed by atoms with Crippen molar-refractivity contribution in [3.05, 3.63) is 83.4 Å². The lowest BCUT2D eigenvalue weighted by molar-refractivity contribution is -0.120. The van der Waals surface area contributed by atoms with E-state index in [9.17, 15) is 9.59 Å². The van der Waals surface area contributed by atoms with Crippen LogP contribution in [0, 0.1) is 5.92 Å². The molecule has 5 rings (SSSR count). The Balaban J connectivity index is 1.27. The van der Waals surface area contributed by atoms with Crippen LogP contribution in [0.5, 0.6) is 11.5 Å². The molecule has 2 aromatic carbocycles. The number of aryl methyl sites for hydroxylation is 1. The molecule has 0 spiro atoms. The molecule has 9 heteroatoms. The van der Waals surface area contributed by atoms with Gasteiger partial charge in [-0.25, -0.2) is 4.79 Å². The Morgan fingerprint density at radius 2 is 1.85 bits per heavy atom. The number of benzene rings is 2. The molecule has 0 fully saturated rings. The number of esters is 1. The molecule has 0 radical (unpaired) electrons. The standard InChI is InChI=1S/C31H32N4O5/c1-5-38-30(37)29-35-34-28(40-29)26-18-25(13-14-32-26)39-24-12-11-19-9-10-20(15-21(19)16-24)27(36)33-23-8-6-7-22(17-23)31(2,3)4/h6-8,11-14,16-18,20H,5,9-10,15H2,1-4H3,(H,33,36). The van der Waals surface area contributed by atoms with Gasteiger partial charge in [0.1, 0.15) is 17.2 Å². The van der Waals surface area contributed by atoms with Gasteiger partial charge in [0.15, 0.2) is 0 Å². The third-order valence-electron chi connectivity index (χ3n) is 6.83. The van der Waals surface area contributed by atoms with E-state index in [4.69, 9.17) is 13.9 Å². The summed E-state index contributed by atoms with van der Waals surface area (Å²) in [5.41, 5.74) is 4.69. The summed E-state index contributed by atoms with van der Waals surface area (Å²) < 4.78 is 16.4. The first-order chi connectivity index (χ1) is 19.2. The zero-order chi connectivity index (χ0) is 28.3. The minimum Gasteiger partial charge on any atom is -0.459 e. The largest absolute Gasteiger partial charge is 0.459 e. The van der Waals surface area contributed by atoms with Crippen molar-refractivity contribution >= 4 is 17.6 Å². The molecule has 4 aromatic rings. The molecule has 1 N–H and O–H groups in total. The van der Waals surface area contributed by atoms with Crippen LogP contribution in [0.15, 0.2) is 65.2 Å². The number of aromatic nitrogens is 3. The first kappa shape index (κ1) is 27.1. The lowest BCUT2D eigenvalue weighted by Gasteiger charge is -2.25. The molecule has 2 aromatic heterocycles. The van der Waals surface area contributed by atoms with Gasteiger partial charge in [-0.3, -0.25) is 9.78 Å². The van der Waals surface area contributed by atoms with Gasteiger partial charge in [0.2, 0.25) is 5.91 Å². The highest BCUT2D eigenvalue weighted by Crippen LogP contribution is 2.32. The normalized spacial score (nSPS) is 14.8. The van der Waals surface area contributed by atoms with Crippen LogP contribution in [-0.4, -0.2) is 33.7 Å². The zero-order valence-electron chi connectivity index (χ0n) is 23.1. The number of ether oxygens (including phenoxy) is 2. The molecule has 40 heavy (non-hydrogen) atoms. The monoisotopic (exact) mass is 540 g/mol. The number of nitrogens with zero attached hydrogens (tertiary/aromatic N) is 3. The lowest BCUT2D eigenvalue weighted by Crippen LogP contribution is -2.28. The van der Waals surface area contributed by atoms with Gasteiger partial charge in [0.05, 0.1) is 6.61 Å². The number of carbonyl (C=O) groups excluding carboxylic acids is 2. The average Bonchev–Trinajstić information content (AvgIpc) is 3.43. The average molecular weight is 541 g/mol. The number of fused-ring (bicyclic) bond motifs is 1. The smallest absolute Gasteiger partial charge is 0.396 e. The van der Waals surface area contributed by atoms with Gasteiger partial charge in [0, 0.05) is 23.9 Å². The molecule has 2 heterocycles. The Morgan fingerprint density at radius 1 is 1.02 bits per heavy atom. The molecule has 1 amide bonds. The minimum atomic E-state index is -0.687. The van der Waals surface area contributed by atoms with E-state index in [1.54, 1.807) is 25.3 Å². The fourth-order valence-corrected chi connectivity index (χ4v) is 4.66. The Hall–Kier alpha value is -4.53. The van der Waals surface area contributed by atoms with Crippen molar-refractivity contribution in [1.29, 1.82) is 0 Å². The molecule has 1 unspecified atom stereocenters. The maximum absolute atomic E-state index is 13.2. The van der Waals surface area contributed by atoms with Gasteiger partial charge in [-0.15, -0.1) is 10.2 Å². The van der Waals surface area contributed by atoms with Crippen LogP contribution in [0.25, 0.3) is 11.6 Å². The number of carbonyl (C=O) groups is 2. The second-order valence-electron chi connectivity index (χ2n) is 10.8. The second kappa shape index (κ2) is 11.3. The quantitative estimate of drug-likeness (QED) is 0.278. The van der Waals surface area contributed by atoms with Crippen molar-refractivity contribution < 1.29 is 23.5 Å². The van der Waals surface area contributed by atoms with Crippen LogP contribution in [0.1, 0.15) is 61.5 Å². The topological polar surface area (TPSA) is 116 Å². The molecular formula is C31H32N4O5.